The molecule has 0 unspecified atom stereocenters. The normalized spacial score (nSPS) is 10.5. The molecule has 0 aliphatic carbocycles. The van der Waals surface area contributed by atoms with Crippen LogP contribution in [0.3, 0.4) is 0 Å². The van der Waals surface area contributed by atoms with Crippen molar-refractivity contribution >= 4 is 21.9 Å². The van der Waals surface area contributed by atoms with Gasteiger partial charge < -0.3 is 9.84 Å². The lowest BCUT2D eigenvalue weighted by Crippen LogP contribution is -2.09. The highest BCUT2D eigenvalue weighted by atomic mass is 79.9. The third-order valence-electron chi connectivity index (χ3n) is 2.67. The summed E-state index contributed by atoms with van der Waals surface area (Å²) >= 11 is 3.33. The van der Waals surface area contributed by atoms with Crippen LogP contribution in [0.4, 0.5) is 0 Å². The molecular weight excluding hydrogens is 326 g/mol. The third-order valence-corrected chi connectivity index (χ3v) is 3.32. The minimum atomic E-state index is -0.989. The van der Waals surface area contributed by atoms with E-state index in [-0.39, 0.29) is 12.2 Å². The molecule has 20 heavy (non-hydrogen) atoms. The van der Waals surface area contributed by atoms with Gasteiger partial charge in [0.25, 0.3) is 0 Å². The fourth-order valence-electron chi connectivity index (χ4n) is 1.69. The number of aryl methyl sites for hydroxylation is 1. The molecule has 0 atom stereocenters. The monoisotopic (exact) mass is 339 g/mol. The molecule has 0 spiro atoms. The molecule has 0 radical (unpaired) electrons. The number of carboxylic acid groups (broad SMARTS) is 1. The van der Waals surface area contributed by atoms with Crippen molar-refractivity contribution in [2.45, 2.75) is 26.5 Å². The van der Waals surface area contributed by atoms with Gasteiger partial charge in [0.15, 0.2) is 5.82 Å². The number of carboxylic acids is 1. The lowest BCUT2D eigenvalue weighted by molar-refractivity contribution is 0.0696. The summed E-state index contributed by atoms with van der Waals surface area (Å²) in [4.78, 5) is 15.1. The van der Waals surface area contributed by atoms with Crippen LogP contribution in [0, 0.1) is 0 Å². The van der Waals surface area contributed by atoms with E-state index in [0.29, 0.717) is 16.0 Å². The Balaban J connectivity index is 2.12. The standard InChI is InChI=1S/C13H14BrN3O3/c1-2-5-17-12(15-8-16-17)7-20-11-6-9(13(18)19)3-4-10(11)14/h3-4,6,8H,2,5,7H2,1H3,(H,18,19). The van der Waals surface area contributed by atoms with Crippen LogP contribution in [-0.4, -0.2) is 25.8 Å². The molecule has 106 valence electrons. The number of rotatable bonds is 6. The van der Waals surface area contributed by atoms with Crippen molar-refractivity contribution in [1.29, 1.82) is 0 Å². The van der Waals surface area contributed by atoms with Crippen molar-refractivity contribution in [2.24, 2.45) is 0 Å². The van der Waals surface area contributed by atoms with Gasteiger partial charge in [0.1, 0.15) is 18.7 Å². The van der Waals surface area contributed by atoms with E-state index in [4.69, 9.17) is 9.84 Å². The molecule has 1 heterocycles. The maximum atomic E-state index is 10.9. The molecule has 0 fully saturated rings. The van der Waals surface area contributed by atoms with Crippen LogP contribution in [0.2, 0.25) is 0 Å². The second-order valence-electron chi connectivity index (χ2n) is 4.14. The highest BCUT2D eigenvalue weighted by Gasteiger charge is 2.10. The first-order chi connectivity index (χ1) is 9.61. The summed E-state index contributed by atoms with van der Waals surface area (Å²) in [6.45, 7) is 3.07. The lowest BCUT2D eigenvalue weighted by atomic mass is 10.2. The van der Waals surface area contributed by atoms with Crippen LogP contribution in [0.15, 0.2) is 29.0 Å². The number of nitrogens with zero attached hydrogens (tertiary/aromatic N) is 3. The molecule has 2 aromatic rings. The molecule has 0 saturated heterocycles. The van der Waals surface area contributed by atoms with Gasteiger partial charge in [0.05, 0.1) is 10.0 Å². The zero-order valence-electron chi connectivity index (χ0n) is 10.9. The van der Waals surface area contributed by atoms with Gasteiger partial charge in [0, 0.05) is 6.54 Å². The summed E-state index contributed by atoms with van der Waals surface area (Å²) < 4.78 is 8.10. The van der Waals surface area contributed by atoms with Gasteiger partial charge in [-0.1, -0.05) is 6.92 Å². The molecule has 2 rings (SSSR count). The van der Waals surface area contributed by atoms with Gasteiger partial charge in [-0.25, -0.2) is 14.5 Å². The number of aromatic carboxylic acids is 1. The van der Waals surface area contributed by atoms with Gasteiger partial charge in [0.2, 0.25) is 0 Å². The Morgan fingerprint density at radius 1 is 1.50 bits per heavy atom. The fourth-order valence-corrected chi connectivity index (χ4v) is 2.05. The second kappa shape index (κ2) is 6.51. The summed E-state index contributed by atoms with van der Waals surface area (Å²) in [5.74, 6) is 0.187. The summed E-state index contributed by atoms with van der Waals surface area (Å²) in [6.07, 6.45) is 2.44. The van der Waals surface area contributed by atoms with E-state index in [2.05, 4.69) is 32.9 Å². The first-order valence-electron chi connectivity index (χ1n) is 6.14. The molecule has 0 bridgehead atoms. The first-order valence-corrected chi connectivity index (χ1v) is 6.93. The third kappa shape index (κ3) is 3.36. The number of hydrogen-bond acceptors (Lipinski definition) is 4. The highest BCUT2D eigenvalue weighted by Crippen LogP contribution is 2.26. The van der Waals surface area contributed by atoms with E-state index in [0.717, 1.165) is 13.0 Å². The van der Waals surface area contributed by atoms with Crippen molar-refractivity contribution in [3.8, 4) is 5.75 Å². The van der Waals surface area contributed by atoms with Gasteiger partial charge in [-0.2, -0.15) is 5.10 Å². The Bertz CT molecular complexity index is 613. The van der Waals surface area contributed by atoms with Gasteiger partial charge in [-0.3, -0.25) is 0 Å². The number of halogens is 1. The quantitative estimate of drug-likeness (QED) is 0.875. The molecule has 0 aliphatic rings. The van der Waals surface area contributed by atoms with Crippen molar-refractivity contribution < 1.29 is 14.6 Å². The summed E-state index contributed by atoms with van der Waals surface area (Å²) in [5.41, 5.74) is 0.179. The Morgan fingerprint density at radius 2 is 2.30 bits per heavy atom. The largest absolute Gasteiger partial charge is 0.484 e. The van der Waals surface area contributed by atoms with E-state index < -0.39 is 5.97 Å². The zero-order chi connectivity index (χ0) is 14.5. The Morgan fingerprint density at radius 3 is 3.00 bits per heavy atom. The van der Waals surface area contributed by atoms with Gasteiger partial charge >= 0.3 is 5.97 Å². The molecular formula is C13H14BrN3O3. The molecule has 1 aromatic heterocycles. The van der Waals surface area contributed by atoms with Crippen LogP contribution >= 0.6 is 15.9 Å². The number of ether oxygens (including phenoxy) is 1. The number of benzene rings is 1. The molecule has 0 amide bonds. The van der Waals surface area contributed by atoms with E-state index >= 15 is 0 Å². The van der Waals surface area contributed by atoms with Crippen LogP contribution in [0.25, 0.3) is 0 Å². The minimum absolute atomic E-state index is 0.179. The van der Waals surface area contributed by atoms with Crippen LogP contribution < -0.4 is 4.74 Å². The van der Waals surface area contributed by atoms with Crippen LogP contribution in [-0.2, 0) is 13.2 Å². The maximum absolute atomic E-state index is 10.9. The summed E-state index contributed by atoms with van der Waals surface area (Å²) in [7, 11) is 0. The van der Waals surface area contributed by atoms with Crippen LogP contribution in [0.1, 0.15) is 29.5 Å². The Hall–Kier alpha value is -1.89. The predicted molar refractivity (Wildman–Crippen MR) is 75.7 cm³/mol. The van der Waals surface area contributed by atoms with Crippen molar-refractivity contribution in [3.05, 3.63) is 40.4 Å². The molecule has 1 aromatic carbocycles. The Labute approximate surface area is 124 Å². The SMILES string of the molecule is CCCn1ncnc1COc1cc(C(=O)O)ccc1Br. The maximum Gasteiger partial charge on any atom is 0.335 e. The average molecular weight is 340 g/mol. The molecule has 6 nitrogen and oxygen atoms in total. The molecule has 0 aliphatic heterocycles. The van der Waals surface area contributed by atoms with Crippen molar-refractivity contribution in [2.75, 3.05) is 0 Å². The van der Waals surface area contributed by atoms with Crippen LogP contribution in [0.5, 0.6) is 5.75 Å². The van der Waals surface area contributed by atoms with E-state index in [1.54, 1.807) is 10.7 Å². The number of aromatic nitrogens is 3. The summed E-state index contributed by atoms with van der Waals surface area (Å²) in [5, 5.41) is 13.1. The van der Waals surface area contributed by atoms with Crippen molar-refractivity contribution in [3.63, 3.8) is 0 Å². The minimum Gasteiger partial charge on any atom is -0.484 e. The first kappa shape index (κ1) is 14.5. The highest BCUT2D eigenvalue weighted by molar-refractivity contribution is 9.10. The number of carbonyl (C=O) groups is 1. The van der Waals surface area contributed by atoms with E-state index in [1.807, 2.05) is 0 Å². The Kier molecular flexibility index (Phi) is 4.73. The second-order valence-corrected chi connectivity index (χ2v) is 4.99. The topological polar surface area (TPSA) is 77.2 Å². The van der Waals surface area contributed by atoms with Crippen molar-refractivity contribution in [1.82, 2.24) is 14.8 Å². The smallest absolute Gasteiger partial charge is 0.335 e. The predicted octanol–water partition coefficient (Wildman–Crippen LogP) is 2.73. The zero-order valence-corrected chi connectivity index (χ0v) is 12.5. The van der Waals surface area contributed by atoms with E-state index in [9.17, 15) is 4.79 Å². The molecule has 7 heteroatoms. The fraction of sp³-hybridized carbons (Fsp3) is 0.308. The summed E-state index contributed by atoms with van der Waals surface area (Å²) in [6, 6.07) is 4.64. The average Bonchev–Trinajstić information content (AvgIpc) is 2.85. The van der Waals surface area contributed by atoms with Gasteiger partial charge in [-0.15, -0.1) is 0 Å². The number of hydrogen-bond donors (Lipinski definition) is 1. The lowest BCUT2D eigenvalue weighted by Gasteiger charge is -2.09. The molecule has 1 N–H and O–H groups in total. The van der Waals surface area contributed by atoms with E-state index in [1.165, 1.54) is 18.5 Å². The molecule has 0 saturated carbocycles. The van der Waals surface area contributed by atoms with Gasteiger partial charge in [-0.05, 0) is 40.5 Å².